The molecule has 0 saturated heterocycles. The van der Waals surface area contributed by atoms with Crippen molar-refractivity contribution in [1.29, 1.82) is 0 Å². The van der Waals surface area contributed by atoms with Crippen LogP contribution in [0, 0.1) is 11.3 Å². The third-order valence-electron chi connectivity index (χ3n) is 5.93. The number of carbonyl (C=O) groups is 1. The average Bonchev–Trinajstić information content (AvgIpc) is 2.80. The molecule has 2 unspecified atom stereocenters. The van der Waals surface area contributed by atoms with Crippen molar-refractivity contribution < 1.29 is 19.0 Å². The number of nitrogens with one attached hydrogen (secondary N) is 1. The summed E-state index contributed by atoms with van der Waals surface area (Å²) in [6.07, 6.45) is 0.122. The molecule has 0 spiro atoms. The third kappa shape index (κ3) is 8.00. The van der Waals surface area contributed by atoms with Gasteiger partial charge in [0.2, 0.25) is 0 Å². The van der Waals surface area contributed by atoms with E-state index in [9.17, 15) is 4.79 Å². The van der Waals surface area contributed by atoms with Gasteiger partial charge in [0.05, 0.1) is 6.61 Å². The van der Waals surface area contributed by atoms with Crippen LogP contribution in [0.25, 0.3) is 10.8 Å². The highest BCUT2D eigenvalue weighted by Gasteiger charge is 2.25. The fourth-order valence-corrected chi connectivity index (χ4v) is 4.33. The Kier molecular flexibility index (Phi) is 9.16. The molecule has 0 saturated carbocycles. The zero-order valence-electron chi connectivity index (χ0n) is 21.8. The van der Waals surface area contributed by atoms with Crippen LogP contribution in [0.15, 0.2) is 66.7 Å². The number of fused-ring (bicyclic) bond motifs is 1. The van der Waals surface area contributed by atoms with Crippen LogP contribution in [0.1, 0.15) is 59.4 Å². The topological polar surface area (TPSA) is 56.8 Å². The minimum Gasteiger partial charge on any atom is -0.465 e. The van der Waals surface area contributed by atoms with E-state index in [0.29, 0.717) is 17.5 Å². The second kappa shape index (κ2) is 12.1. The lowest BCUT2D eigenvalue weighted by molar-refractivity contribution is -0.0757. The van der Waals surface area contributed by atoms with Gasteiger partial charge in [-0.15, -0.1) is 0 Å². The largest absolute Gasteiger partial charge is 0.465 e. The number of anilines is 1. The quantitative estimate of drug-likeness (QED) is 0.237. The van der Waals surface area contributed by atoms with Gasteiger partial charge in [0.25, 0.3) is 0 Å². The van der Waals surface area contributed by atoms with Gasteiger partial charge >= 0.3 is 6.09 Å². The smallest absolute Gasteiger partial charge is 0.411 e. The van der Waals surface area contributed by atoms with Crippen molar-refractivity contribution in [2.75, 3.05) is 18.5 Å². The Bertz CT molecular complexity index is 1090. The van der Waals surface area contributed by atoms with E-state index >= 15 is 0 Å². The van der Waals surface area contributed by atoms with Crippen molar-refractivity contribution in [3.8, 4) is 5.75 Å². The molecule has 0 aliphatic heterocycles. The van der Waals surface area contributed by atoms with Crippen LogP contribution in [0.5, 0.6) is 5.75 Å². The first kappa shape index (κ1) is 26.6. The van der Waals surface area contributed by atoms with Crippen molar-refractivity contribution in [3.63, 3.8) is 0 Å². The Morgan fingerprint density at radius 2 is 1.54 bits per heavy atom. The van der Waals surface area contributed by atoms with E-state index in [2.05, 4.69) is 64.2 Å². The van der Waals surface area contributed by atoms with Crippen LogP contribution in [-0.2, 0) is 9.47 Å². The Hall–Kier alpha value is -3.05. The van der Waals surface area contributed by atoms with E-state index in [4.69, 9.17) is 14.2 Å². The van der Waals surface area contributed by atoms with Crippen LogP contribution in [0.4, 0.5) is 10.5 Å². The van der Waals surface area contributed by atoms with E-state index in [1.54, 1.807) is 12.1 Å². The third-order valence-corrected chi connectivity index (χ3v) is 5.93. The summed E-state index contributed by atoms with van der Waals surface area (Å²) in [5.41, 5.74) is 2.30. The number of hydrogen-bond acceptors (Lipinski definition) is 4. The first-order chi connectivity index (χ1) is 16.6. The van der Waals surface area contributed by atoms with Gasteiger partial charge < -0.3 is 14.2 Å². The standard InChI is InChI=1S/C30H39NO4/c1-21(2)27(20-30(4,5)6)25-14-10-16-26-24(25)15-11-17-28(26)35-22(3)33-18-19-34-29(32)31-23-12-8-7-9-13-23/h7-17,21-22,27H,18-20H2,1-6H3,(H,31,32). The van der Waals surface area contributed by atoms with E-state index in [1.807, 2.05) is 37.3 Å². The van der Waals surface area contributed by atoms with E-state index in [0.717, 1.165) is 17.6 Å². The molecule has 0 radical (unpaired) electrons. The molecule has 0 bridgehead atoms. The van der Waals surface area contributed by atoms with Crippen molar-refractivity contribution in [1.82, 2.24) is 0 Å². The van der Waals surface area contributed by atoms with Gasteiger partial charge in [0.1, 0.15) is 12.4 Å². The van der Waals surface area contributed by atoms with Crippen molar-refractivity contribution >= 4 is 22.6 Å². The van der Waals surface area contributed by atoms with Gasteiger partial charge in [-0.05, 0) is 59.7 Å². The molecule has 1 amide bonds. The Morgan fingerprint density at radius 3 is 2.23 bits per heavy atom. The first-order valence-corrected chi connectivity index (χ1v) is 12.4. The molecule has 0 heterocycles. The molecule has 3 rings (SSSR count). The maximum atomic E-state index is 11.9. The van der Waals surface area contributed by atoms with E-state index < -0.39 is 12.4 Å². The summed E-state index contributed by atoms with van der Waals surface area (Å²) in [7, 11) is 0. The van der Waals surface area contributed by atoms with Gasteiger partial charge in [-0.1, -0.05) is 83.1 Å². The highest BCUT2D eigenvalue weighted by molar-refractivity contribution is 5.91. The average molecular weight is 478 g/mol. The fourth-order valence-electron chi connectivity index (χ4n) is 4.33. The molecule has 0 fully saturated rings. The van der Waals surface area contributed by atoms with Crippen molar-refractivity contribution in [2.45, 2.75) is 60.2 Å². The molecule has 0 aliphatic carbocycles. The summed E-state index contributed by atoms with van der Waals surface area (Å²) in [6, 6.07) is 21.9. The zero-order valence-corrected chi connectivity index (χ0v) is 21.8. The van der Waals surface area contributed by atoms with E-state index in [-0.39, 0.29) is 18.6 Å². The summed E-state index contributed by atoms with van der Waals surface area (Å²) in [6.45, 7) is 13.7. The highest BCUT2D eigenvalue weighted by Crippen LogP contribution is 2.40. The molecular weight excluding hydrogens is 438 g/mol. The number of rotatable bonds is 10. The molecular formula is C30H39NO4. The zero-order chi connectivity index (χ0) is 25.4. The summed E-state index contributed by atoms with van der Waals surface area (Å²) in [5, 5.41) is 4.98. The molecule has 2 atom stereocenters. The number of benzene rings is 3. The predicted octanol–water partition coefficient (Wildman–Crippen LogP) is 8.01. The second-order valence-electron chi connectivity index (χ2n) is 10.5. The van der Waals surface area contributed by atoms with Crippen LogP contribution >= 0.6 is 0 Å². The van der Waals surface area contributed by atoms with Gasteiger partial charge in [-0.25, -0.2) is 4.79 Å². The number of amides is 1. The minimum atomic E-state index is -0.509. The summed E-state index contributed by atoms with van der Waals surface area (Å²) in [4.78, 5) is 11.9. The molecule has 3 aromatic carbocycles. The van der Waals surface area contributed by atoms with Crippen molar-refractivity contribution in [3.05, 3.63) is 72.3 Å². The summed E-state index contributed by atoms with van der Waals surface area (Å²) in [5.74, 6) is 1.78. The summed E-state index contributed by atoms with van der Waals surface area (Å²) >= 11 is 0. The lowest BCUT2D eigenvalue weighted by Gasteiger charge is -2.30. The van der Waals surface area contributed by atoms with Gasteiger partial charge in [-0.2, -0.15) is 0 Å². The van der Waals surface area contributed by atoms with Crippen LogP contribution < -0.4 is 10.1 Å². The minimum absolute atomic E-state index is 0.134. The molecule has 188 valence electrons. The molecule has 3 aromatic rings. The predicted molar refractivity (Wildman–Crippen MR) is 143 cm³/mol. The second-order valence-corrected chi connectivity index (χ2v) is 10.5. The van der Waals surface area contributed by atoms with Gasteiger partial charge in [0, 0.05) is 11.1 Å². The molecule has 0 aliphatic rings. The number of ether oxygens (including phenoxy) is 3. The Balaban J connectivity index is 1.60. The fraction of sp³-hybridized carbons (Fsp3) is 0.433. The molecule has 5 heteroatoms. The van der Waals surface area contributed by atoms with Crippen molar-refractivity contribution in [2.24, 2.45) is 11.3 Å². The van der Waals surface area contributed by atoms with Crippen LogP contribution in [0.2, 0.25) is 0 Å². The molecule has 1 N–H and O–H groups in total. The normalized spacial score (nSPS) is 13.5. The Labute approximate surface area is 209 Å². The molecule has 0 aromatic heterocycles. The van der Waals surface area contributed by atoms with Crippen LogP contribution in [-0.4, -0.2) is 25.6 Å². The maximum Gasteiger partial charge on any atom is 0.411 e. The van der Waals surface area contributed by atoms with Crippen LogP contribution in [0.3, 0.4) is 0 Å². The number of hydrogen-bond donors (Lipinski definition) is 1. The lowest BCUT2D eigenvalue weighted by atomic mass is 9.75. The highest BCUT2D eigenvalue weighted by atomic mass is 16.7. The molecule has 5 nitrogen and oxygen atoms in total. The summed E-state index contributed by atoms with van der Waals surface area (Å²) < 4.78 is 17.1. The molecule has 35 heavy (non-hydrogen) atoms. The lowest BCUT2D eigenvalue weighted by Crippen LogP contribution is -2.22. The maximum absolute atomic E-state index is 11.9. The van der Waals surface area contributed by atoms with Gasteiger partial charge in [0.15, 0.2) is 6.29 Å². The van der Waals surface area contributed by atoms with Gasteiger partial charge in [-0.3, -0.25) is 5.32 Å². The SMILES string of the molecule is CC(OCCOC(=O)Nc1ccccc1)Oc1cccc2c(C(CC(C)(C)C)C(C)C)cccc12. The monoisotopic (exact) mass is 477 g/mol. The number of para-hydroxylation sites is 1. The Morgan fingerprint density at radius 1 is 0.857 bits per heavy atom. The van der Waals surface area contributed by atoms with E-state index in [1.165, 1.54) is 10.9 Å². The number of carbonyl (C=O) groups excluding carboxylic acids is 1. The first-order valence-electron chi connectivity index (χ1n) is 12.4.